The highest BCUT2D eigenvalue weighted by Gasteiger charge is 2.14. The summed E-state index contributed by atoms with van der Waals surface area (Å²) in [5.41, 5.74) is 11.1. The van der Waals surface area contributed by atoms with Gasteiger partial charge in [0.15, 0.2) is 0 Å². The lowest BCUT2D eigenvalue weighted by atomic mass is 10.1. The van der Waals surface area contributed by atoms with Gasteiger partial charge in [0.25, 0.3) is 0 Å². The predicted molar refractivity (Wildman–Crippen MR) is 116 cm³/mol. The van der Waals surface area contributed by atoms with Crippen LogP contribution in [0.4, 0.5) is 0 Å². The zero-order valence-electron chi connectivity index (χ0n) is 16.3. The summed E-state index contributed by atoms with van der Waals surface area (Å²) in [7, 11) is -4.05. The van der Waals surface area contributed by atoms with Crippen LogP contribution in [0.5, 0.6) is 0 Å². The monoisotopic (exact) mass is 410 g/mol. The molecule has 4 N–H and O–H groups in total. The molecule has 3 aromatic carbocycles. The zero-order chi connectivity index (χ0) is 20.7. The molecule has 5 nitrogen and oxygen atoms in total. The fraction of sp³-hybridized carbons (Fsp3) is 0.217. The van der Waals surface area contributed by atoms with Crippen LogP contribution in [0.15, 0.2) is 78.9 Å². The molecule has 152 valence electrons. The van der Waals surface area contributed by atoms with E-state index in [0.29, 0.717) is 12.1 Å². The molecule has 0 saturated heterocycles. The maximum atomic E-state index is 11.2. The van der Waals surface area contributed by atoms with Crippen molar-refractivity contribution in [3.8, 4) is 0 Å². The molecule has 3 aromatic rings. The summed E-state index contributed by atoms with van der Waals surface area (Å²) < 4.78 is 11.2. The highest BCUT2D eigenvalue weighted by molar-refractivity contribution is 7.50. The minimum absolute atomic E-state index is 0.229. The fourth-order valence-electron chi connectivity index (χ4n) is 3.37. The lowest BCUT2D eigenvalue weighted by Gasteiger charge is -2.23. The van der Waals surface area contributed by atoms with E-state index in [9.17, 15) is 4.57 Å². The van der Waals surface area contributed by atoms with Crippen LogP contribution in [0.2, 0.25) is 0 Å². The van der Waals surface area contributed by atoms with Crippen LogP contribution in [-0.4, -0.2) is 14.7 Å². The highest BCUT2D eigenvalue weighted by Crippen LogP contribution is 2.38. The molecule has 0 fully saturated rings. The van der Waals surface area contributed by atoms with E-state index in [0.717, 1.165) is 30.8 Å². The molecule has 3 rings (SSSR count). The van der Waals surface area contributed by atoms with Gasteiger partial charge in [0.05, 0.1) is 6.16 Å². The van der Waals surface area contributed by atoms with Crippen molar-refractivity contribution in [2.24, 2.45) is 5.73 Å². The SMILES string of the molecule is NCc1cccc(CN(Cc2ccccc2)Cc2ccc(CP(=O)(O)O)cc2)c1. The Hall–Kier alpha value is -2.27. The maximum Gasteiger partial charge on any atom is 0.329 e. The Morgan fingerprint density at radius 3 is 1.83 bits per heavy atom. The van der Waals surface area contributed by atoms with Crippen LogP contribution in [0.25, 0.3) is 0 Å². The van der Waals surface area contributed by atoms with Crippen molar-refractivity contribution in [2.45, 2.75) is 32.3 Å². The van der Waals surface area contributed by atoms with E-state index in [1.54, 1.807) is 12.1 Å². The molecular weight excluding hydrogens is 383 g/mol. The van der Waals surface area contributed by atoms with Crippen LogP contribution in [0, 0.1) is 0 Å². The van der Waals surface area contributed by atoms with Gasteiger partial charge in [0.2, 0.25) is 0 Å². The standard InChI is InChI=1S/C23H27N2O3P/c24-14-22-7-4-8-23(13-22)17-25(15-19-5-2-1-3-6-19)16-20-9-11-21(12-10-20)18-29(26,27)28/h1-13H,14-18,24H2,(H2,26,27,28). The minimum atomic E-state index is -4.05. The molecule has 0 atom stereocenters. The number of nitrogens with zero attached hydrogens (tertiary/aromatic N) is 1. The van der Waals surface area contributed by atoms with Crippen molar-refractivity contribution in [2.75, 3.05) is 0 Å². The average molecular weight is 410 g/mol. The van der Waals surface area contributed by atoms with Crippen LogP contribution in [0.3, 0.4) is 0 Å². The molecule has 0 aliphatic carbocycles. The number of rotatable bonds is 9. The van der Waals surface area contributed by atoms with Crippen molar-refractivity contribution >= 4 is 7.60 Å². The number of hydrogen-bond acceptors (Lipinski definition) is 3. The summed E-state index contributed by atoms with van der Waals surface area (Å²) in [6.07, 6.45) is -0.229. The van der Waals surface area contributed by atoms with Crippen molar-refractivity contribution in [3.05, 3.63) is 107 Å². The third-order valence-corrected chi connectivity index (χ3v) is 5.48. The second kappa shape index (κ2) is 9.97. The predicted octanol–water partition coefficient (Wildman–Crippen LogP) is 4.03. The van der Waals surface area contributed by atoms with Gasteiger partial charge >= 0.3 is 7.60 Å². The Morgan fingerprint density at radius 1 is 0.690 bits per heavy atom. The summed E-state index contributed by atoms with van der Waals surface area (Å²) in [6, 6.07) is 26.1. The van der Waals surface area contributed by atoms with Crippen LogP contribution >= 0.6 is 7.60 Å². The van der Waals surface area contributed by atoms with Gasteiger partial charge in [-0.2, -0.15) is 0 Å². The molecule has 0 amide bonds. The maximum absolute atomic E-state index is 11.2. The molecule has 0 unspecified atom stereocenters. The van der Waals surface area contributed by atoms with Crippen molar-refractivity contribution < 1.29 is 14.4 Å². The second-order valence-electron chi connectivity index (χ2n) is 7.29. The summed E-state index contributed by atoms with van der Waals surface area (Å²) in [5.74, 6) is 0. The van der Waals surface area contributed by atoms with Gasteiger partial charge in [0.1, 0.15) is 0 Å². The molecule has 0 radical (unpaired) electrons. The van der Waals surface area contributed by atoms with Crippen LogP contribution in [-0.2, 0) is 36.9 Å². The van der Waals surface area contributed by atoms with Gasteiger partial charge in [-0.15, -0.1) is 0 Å². The van der Waals surface area contributed by atoms with Crippen molar-refractivity contribution in [1.29, 1.82) is 0 Å². The topological polar surface area (TPSA) is 86.8 Å². The molecular formula is C23H27N2O3P. The Kier molecular flexibility index (Phi) is 7.37. The van der Waals surface area contributed by atoms with E-state index in [2.05, 4.69) is 29.2 Å². The van der Waals surface area contributed by atoms with E-state index in [-0.39, 0.29) is 6.16 Å². The Labute approximate surface area is 172 Å². The smallest absolute Gasteiger partial charge is 0.326 e. The number of hydrogen-bond donors (Lipinski definition) is 3. The highest BCUT2D eigenvalue weighted by atomic mass is 31.2. The molecule has 0 aliphatic rings. The largest absolute Gasteiger partial charge is 0.329 e. The first-order chi connectivity index (χ1) is 13.9. The number of nitrogens with two attached hydrogens (primary N) is 1. The summed E-state index contributed by atoms with van der Waals surface area (Å²) in [4.78, 5) is 20.7. The molecule has 0 aliphatic heterocycles. The molecule has 0 bridgehead atoms. The Morgan fingerprint density at radius 2 is 1.21 bits per heavy atom. The Balaban J connectivity index is 1.76. The summed E-state index contributed by atoms with van der Waals surface area (Å²) >= 11 is 0. The third kappa shape index (κ3) is 7.24. The van der Waals surface area contributed by atoms with E-state index in [4.69, 9.17) is 15.5 Å². The Bertz CT molecular complexity index is 955. The number of benzene rings is 3. The molecule has 0 aromatic heterocycles. The van der Waals surface area contributed by atoms with Crippen molar-refractivity contribution in [3.63, 3.8) is 0 Å². The molecule has 29 heavy (non-hydrogen) atoms. The van der Waals surface area contributed by atoms with Crippen LogP contribution in [0.1, 0.15) is 27.8 Å². The van der Waals surface area contributed by atoms with Crippen LogP contribution < -0.4 is 5.73 Å². The van der Waals surface area contributed by atoms with Gasteiger partial charge in [-0.05, 0) is 27.8 Å². The van der Waals surface area contributed by atoms with E-state index >= 15 is 0 Å². The molecule has 6 heteroatoms. The van der Waals surface area contributed by atoms with E-state index < -0.39 is 7.60 Å². The third-order valence-electron chi connectivity index (χ3n) is 4.70. The fourth-order valence-corrected chi connectivity index (χ4v) is 4.06. The quantitative estimate of drug-likeness (QED) is 0.464. The van der Waals surface area contributed by atoms with Gasteiger partial charge in [0, 0.05) is 26.2 Å². The van der Waals surface area contributed by atoms with Gasteiger partial charge in [-0.1, -0.05) is 78.9 Å². The van der Waals surface area contributed by atoms with Crippen molar-refractivity contribution in [1.82, 2.24) is 4.90 Å². The summed E-state index contributed by atoms with van der Waals surface area (Å²) in [6.45, 7) is 2.84. The first kappa shape index (κ1) is 21.4. The van der Waals surface area contributed by atoms with Gasteiger partial charge < -0.3 is 15.5 Å². The molecule has 0 saturated carbocycles. The normalized spacial score (nSPS) is 11.7. The summed E-state index contributed by atoms with van der Waals surface area (Å²) in [5, 5.41) is 0. The zero-order valence-corrected chi connectivity index (χ0v) is 17.2. The lowest BCUT2D eigenvalue weighted by Crippen LogP contribution is -2.22. The van der Waals surface area contributed by atoms with E-state index in [1.807, 2.05) is 42.5 Å². The van der Waals surface area contributed by atoms with Gasteiger partial charge in [-0.3, -0.25) is 9.46 Å². The first-order valence-corrected chi connectivity index (χ1v) is 11.4. The molecule has 0 spiro atoms. The first-order valence-electron chi connectivity index (χ1n) is 9.58. The lowest BCUT2D eigenvalue weighted by molar-refractivity contribution is 0.247. The average Bonchev–Trinajstić information content (AvgIpc) is 2.69. The van der Waals surface area contributed by atoms with Gasteiger partial charge in [-0.25, -0.2) is 0 Å². The minimum Gasteiger partial charge on any atom is -0.326 e. The second-order valence-corrected chi connectivity index (χ2v) is 8.94. The molecule has 0 heterocycles. The van der Waals surface area contributed by atoms with E-state index in [1.165, 1.54) is 11.1 Å².